The maximum Gasteiger partial charge on any atom is 0.260 e. The van der Waals surface area contributed by atoms with Crippen LogP contribution in [0.15, 0.2) is 24.3 Å². The monoisotopic (exact) mass is 347 g/mol. The smallest absolute Gasteiger partial charge is 0.260 e. The molecule has 94 valence electrons. The van der Waals surface area contributed by atoms with E-state index in [4.69, 9.17) is 4.74 Å². The van der Waals surface area contributed by atoms with Crippen molar-refractivity contribution in [3.8, 4) is 5.75 Å². The maximum absolute atomic E-state index is 11.8. The number of hydrogen-bond donors (Lipinski definition) is 1. The van der Waals surface area contributed by atoms with E-state index >= 15 is 0 Å². The van der Waals surface area contributed by atoms with Gasteiger partial charge in [-0.2, -0.15) is 0 Å². The second-order valence-electron chi connectivity index (χ2n) is 4.04. The van der Waals surface area contributed by atoms with Gasteiger partial charge >= 0.3 is 0 Å². The molecule has 1 aromatic rings. The summed E-state index contributed by atoms with van der Waals surface area (Å²) in [6.45, 7) is 5.78. The minimum absolute atomic E-state index is 0.0711. The zero-order valence-electron chi connectivity index (χ0n) is 10.4. The predicted molar refractivity (Wildman–Crippen MR) is 77.1 cm³/mol. The van der Waals surface area contributed by atoms with Crippen LogP contribution in [0.4, 0.5) is 0 Å². The Bertz CT molecular complexity index is 381. The minimum atomic E-state index is -0.470. The van der Waals surface area contributed by atoms with E-state index in [0.717, 1.165) is 15.7 Å². The summed E-state index contributed by atoms with van der Waals surface area (Å²) in [5, 5.41) is 2.90. The summed E-state index contributed by atoms with van der Waals surface area (Å²) in [6, 6.07) is 7.85. The first-order valence-corrected chi connectivity index (χ1v) is 6.83. The molecular formula is C13H18INO2. The molecule has 0 saturated carbocycles. The molecule has 1 aromatic carbocycles. The van der Waals surface area contributed by atoms with E-state index in [9.17, 15) is 4.79 Å². The average molecular weight is 347 g/mol. The molecule has 0 radical (unpaired) electrons. The van der Waals surface area contributed by atoms with E-state index in [1.54, 1.807) is 6.92 Å². The zero-order chi connectivity index (χ0) is 12.8. The predicted octanol–water partition coefficient (Wildman–Crippen LogP) is 2.97. The maximum atomic E-state index is 11.8. The normalized spacial score (nSPS) is 13.9. The van der Waals surface area contributed by atoms with E-state index in [0.29, 0.717) is 0 Å². The number of hydrogen-bond acceptors (Lipinski definition) is 2. The lowest BCUT2D eigenvalue weighted by Crippen LogP contribution is -2.40. The molecule has 0 aliphatic rings. The molecule has 0 fully saturated rings. The summed E-state index contributed by atoms with van der Waals surface area (Å²) in [7, 11) is 0. The Balaban J connectivity index is 2.54. The van der Waals surface area contributed by atoms with Crippen LogP contribution in [0.2, 0.25) is 0 Å². The summed E-state index contributed by atoms with van der Waals surface area (Å²) < 4.78 is 6.68. The number of rotatable bonds is 5. The van der Waals surface area contributed by atoms with E-state index in [1.165, 1.54) is 0 Å². The Morgan fingerprint density at radius 1 is 1.47 bits per heavy atom. The van der Waals surface area contributed by atoms with Crippen molar-refractivity contribution in [2.45, 2.75) is 39.3 Å². The second-order valence-corrected chi connectivity index (χ2v) is 5.28. The Morgan fingerprint density at radius 2 is 2.18 bits per heavy atom. The molecule has 0 bridgehead atoms. The van der Waals surface area contributed by atoms with Crippen molar-refractivity contribution in [1.82, 2.24) is 5.32 Å². The molecule has 0 aliphatic heterocycles. The summed E-state index contributed by atoms with van der Waals surface area (Å²) in [5.41, 5.74) is 0. The fraction of sp³-hybridized carbons (Fsp3) is 0.462. The van der Waals surface area contributed by atoms with Gasteiger partial charge in [-0.05, 0) is 61.1 Å². The van der Waals surface area contributed by atoms with Crippen LogP contribution in [-0.2, 0) is 4.79 Å². The summed E-state index contributed by atoms with van der Waals surface area (Å²) in [6.07, 6.45) is 0.448. The van der Waals surface area contributed by atoms with Crippen molar-refractivity contribution in [2.75, 3.05) is 0 Å². The number of nitrogens with one attached hydrogen (secondary N) is 1. The third-order valence-corrected chi connectivity index (χ3v) is 3.15. The van der Waals surface area contributed by atoms with Gasteiger partial charge in [0.1, 0.15) is 5.75 Å². The number of carbonyl (C=O) groups excluding carboxylic acids is 1. The number of halogens is 1. The van der Waals surface area contributed by atoms with Gasteiger partial charge in [-0.1, -0.05) is 13.0 Å². The van der Waals surface area contributed by atoms with Gasteiger partial charge in [0, 0.05) is 9.61 Å². The van der Waals surface area contributed by atoms with E-state index in [1.807, 2.05) is 38.1 Å². The molecule has 1 N–H and O–H groups in total. The van der Waals surface area contributed by atoms with Crippen molar-refractivity contribution < 1.29 is 9.53 Å². The molecule has 0 aliphatic carbocycles. The molecule has 0 spiro atoms. The number of benzene rings is 1. The van der Waals surface area contributed by atoms with Gasteiger partial charge < -0.3 is 10.1 Å². The van der Waals surface area contributed by atoms with Gasteiger partial charge in [0.05, 0.1) is 0 Å². The molecule has 2 unspecified atom stereocenters. The number of carbonyl (C=O) groups is 1. The molecule has 0 saturated heterocycles. The van der Waals surface area contributed by atoms with Gasteiger partial charge in [0.2, 0.25) is 0 Å². The van der Waals surface area contributed by atoms with E-state index in [-0.39, 0.29) is 11.9 Å². The summed E-state index contributed by atoms with van der Waals surface area (Å²) >= 11 is 2.21. The lowest BCUT2D eigenvalue weighted by Gasteiger charge is -2.17. The largest absolute Gasteiger partial charge is 0.481 e. The fourth-order valence-electron chi connectivity index (χ4n) is 1.26. The molecule has 2 atom stereocenters. The first kappa shape index (κ1) is 14.3. The average Bonchev–Trinajstić information content (AvgIpc) is 2.28. The standard InChI is InChI=1S/C13H18INO2/c1-4-9(2)15-13(16)10(3)17-12-7-5-6-11(14)8-12/h5-10H,4H2,1-3H3,(H,15,16). The van der Waals surface area contributed by atoms with Crippen LogP contribution in [-0.4, -0.2) is 18.1 Å². The molecule has 4 heteroatoms. The number of amides is 1. The van der Waals surface area contributed by atoms with Gasteiger partial charge in [-0.15, -0.1) is 0 Å². The first-order chi connectivity index (χ1) is 8.02. The van der Waals surface area contributed by atoms with Crippen LogP contribution in [0.25, 0.3) is 0 Å². The first-order valence-electron chi connectivity index (χ1n) is 5.75. The van der Waals surface area contributed by atoms with Crippen LogP contribution in [0.5, 0.6) is 5.75 Å². The Morgan fingerprint density at radius 3 is 2.76 bits per heavy atom. The van der Waals surface area contributed by atoms with Gasteiger partial charge in [0.15, 0.2) is 6.10 Å². The third kappa shape index (κ3) is 4.93. The zero-order valence-corrected chi connectivity index (χ0v) is 12.5. The topological polar surface area (TPSA) is 38.3 Å². The highest BCUT2D eigenvalue weighted by molar-refractivity contribution is 14.1. The Labute approximate surface area is 116 Å². The van der Waals surface area contributed by atoms with Crippen LogP contribution >= 0.6 is 22.6 Å². The van der Waals surface area contributed by atoms with Crippen LogP contribution in [0, 0.1) is 3.57 Å². The molecule has 17 heavy (non-hydrogen) atoms. The Kier molecular flexibility index (Phi) is 5.74. The number of ether oxygens (including phenoxy) is 1. The van der Waals surface area contributed by atoms with Crippen molar-refractivity contribution in [3.05, 3.63) is 27.8 Å². The fourth-order valence-corrected chi connectivity index (χ4v) is 1.77. The highest BCUT2D eigenvalue weighted by atomic mass is 127. The summed E-state index contributed by atoms with van der Waals surface area (Å²) in [4.78, 5) is 11.8. The van der Waals surface area contributed by atoms with Crippen molar-refractivity contribution in [1.29, 1.82) is 0 Å². The lowest BCUT2D eigenvalue weighted by molar-refractivity contribution is -0.127. The van der Waals surface area contributed by atoms with Gasteiger partial charge in [-0.3, -0.25) is 4.79 Å². The Hall–Kier alpha value is -0.780. The van der Waals surface area contributed by atoms with E-state index < -0.39 is 6.10 Å². The molecule has 3 nitrogen and oxygen atoms in total. The highest BCUT2D eigenvalue weighted by Gasteiger charge is 2.16. The van der Waals surface area contributed by atoms with E-state index in [2.05, 4.69) is 27.9 Å². The van der Waals surface area contributed by atoms with Gasteiger partial charge in [-0.25, -0.2) is 0 Å². The lowest BCUT2D eigenvalue weighted by atomic mass is 10.2. The minimum Gasteiger partial charge on any atom is -0.481 e. The quantitative estimate of drug-likeness (QED) is 0.832. The van der Waals surface area contributed by atoms with Crippen LogP contribution in [0.3, 0.4) is 0 Å². The van der Waals surface area contributed by atoms with Crippen LogP contribution < -0.4 is 10.1 Å². The van der Waals surface area contributed by atoms with Crippen molar-refractivity contribution >= 4 is 28.5 Å². The van der Waals surface area contributed by atoms with Crippen LogP contribution in [0.1, 0.15) is 27.2 Å². The highest BCUT2D eigenvalue weighted by Crippen LogP contribution is 2.16. The molecule has 1 amide bonds. The summed E-state index contributed by atoms with van der Waals surface area (Å²) in [5.74, 6) is 0.655. The van der Waals surface area contributed by atoms with Crippen molar-refractivity contribution in [2.24, 2.45) is 0 Å². The third-order valence-electron chi connectivity index (χ3n) is 2.48. The van der Waals surface area contributed by atoms with Crippen molar-refractivity contribution in [3.63, 3.8) is 0 Å². The van der Waals surface area contributed by atoms with Gasteiger partial charge in [0.25, 0.3) is 5.91 Å². The molecular weight excluding hydrogens is 329 g/mol. The molecule has 0 aromatic heterocycles. The molecule has 0 heterocycles. The second kappa shape index (κ2) is 6.83. The molecule has 1 rings (SSSR count). The SMILES string of the molecule is CCC(C)NC(=O)C(C)Oc1cccc(I)c1.